The SMILES string of the molecule is NNC(c1ccc(C(F)(F)F)cc1)c1ccc(Cl)cc1Br. The first-order valence-electron chi connectivity index (χ1n) is 5.91. The minimum atomic E-state index is -4.36. The van der Waals surface area contributed by atoms with E-state index in [1.54, 1.807) is 18.2 Å². The van der Waals surface area contributed by atoms with Crippen molar-refractivity contribution in [3.05, 3.63) is 68.7 Å². The van der Waals surface area contributed by atoms with Gasteiger partial charge in [-0.25, -0.2) is 5.43 Å². The van der Waals surface area contributed by atoms with E-state index in [0.717, 1.165) is 22.2 Å². The Balaban J connectivity index is 2.37. The van der Waals surface area contributed by atoms with Crippen LogP contribution < -0.4 is 11.3 Å². The van der Waals surface area contributed by atoms with Gasteiger partial charge in [-0.15, -0.1) is 0 Å². The molecule has 0 amide bonds. The number of rotatable bonds is 3. The summed E-state index contributed by atoms with van der Waals surface area (Å²) in [5, 5.41) is 0.550. The van der Waals surface area contributed by atoms with Gasteiger partial charge in [0.2, 0.25) is 0 Å². The molecule has 0 heterocycles. The number of alkyl halides is 3. The maximum absolute atomic E-state index is 12.6. The number of benzene rings is 2. The van der Waals surface area contributed by atoms with E-state index in [0.29, 0.717) is 10.6 Å². The van der Waals surface area contributed by atoms with Crippen molar-refractivity contribution in [3.8, 4) is 0 Å². The van der Waals surface area contributed by atoms with E-state index < -0.39 is 17.8 Å². The van der Waals surface area contributed by atoms with Gasteiger partial charge in [-0.2, -0.15) is 13.2 Å². The standard InChI is InChI=1S/C14H11BrClF3N2/c15-12-7-10(16)5-6-11(12)13(21-20)8-1-3-9(4-2-8)14(17,18)19/h1-7,13,21H,20H2. The third kappa shape index (κ3) is 3.77. The number of hydrogen-bond acceptors (Lipinski definition) is 2. The van der Waals surface area contributed by atoms with Crippen LogP contribution in [-0.4, -0.2) is 0 Å². The number of hydrogen-bond donors (Lipinski definition) is 2. The maximum Gasteiger partial charge on any atom is 0.416 e. The average Bonchev–Trinajstić information content (AvgIpc) is 2.41. The van der Waals surface area contributed by atoms with Gasteiger partial charge in [0.25, 0.3) is 0 Å². The molecule has 0 radical (unpaired) electrons. The molecule has 3 N–H and O–H groups in total. The third-order valence-corrected chi connectivity index (χ3v) is 3.93. The van der Waals surface area contributed by atoms with Crippen molar-refractivity contribution in [3.63, 3.8) is 0 Å². The molecule has 0 bridgehead atoms. The number of halogens is 5. The first kappa shape index (κ1) is 16.3. The third-order valence-electron chi connectivity index (χ3n) is 3.01. The molecule has 0 saturated heterocycles. The fourth-order valence-corrected chi connectivity index (χ4v) is 2.88. The largest absolute Gasteiger partial charge is 0.416 e. The molecular weight excluding hydrogens is 369 g/mol. The van der Waals surface area contributed by atoms with Crippen molar-refractivity contribution < 1.29 is 13.2 Å². The maximum atomic E-state index is 12.6. The molecule has 0 aliphatic heterocycles. The highest BCUT2D eigenvalue weighted by Crippen LogP contribution is 2.33. The number of nitrogens with two attached hydrogens (primary N) is 1. The number of hydrazine groups is 1. The molecule has 0 saturated carbocycles. The van der Waals surface area contributed by atoms with Crippen molar-refractivity contribution >= 4 is 27.5 Å². The van der Waals surface area contributed by atoms with E-state index in [1.165, 1.54) is 12.1 Å². The quantitative estimate of drug-likeness (QED) is 0.600. The van der Waals surface area contributed by atoms with Gasteiger partial charge in [0.1, 0.15) is 0 Å². The topological polar surface area (TPSA) is 38.0 Å². The summed E-state index contributed by atoms with van der Waals surface area (Å²) in [6.07, 6.45) is -4.36. The highest BCUT2D eigenvalue weighted by Gasteiger charge is 2.30. The molecule has 1 atom stereocenters. The summed E-state index contributed by atoms with van der Waals surface area (Å²) in [6, 6.07) is 9.56. The van der Waals surface area contributed by atoms with Crippen LogP contribution >= 0.6 is 27.5 Å². The van der Waals surface area contributed by atoms with E-state index in [-0.39, 0.29) is 0 Å². The van der Waals surface area contributed by atoms with Gasteiger partial charge >= 0.3 is 6.18 Å². The van der Waals surface area contributed by atoms with Gasteiger partial charge in [0, 0.05) is 9.50 Å². The molecule has 7 heteroatoms. The van der Waals surface area contributed by atoms with Crippen LogP contribution in [0.2, 0.25) is 5.02 Å². The first-order chi connectivity index (χ1) is 9.82. The Morgan fingerprint density at radius 2 is 1.71 bits per heavy atom. The minimum absolute atomic E-state index is 0.445. The second-order valence-electron chi connectivity index (χ2n) is 4.39. The normalized spacial score (nSPS) is 13.2. The van der Waals surface area contributed by atoms with Gasteiger partial charge in [-0.05, 0) is 35.4 Å². The summed E-state index contributed by atoms with van der Waals surface area (Å²) in [7, 11) is 0. The Kier molecular flexibility index (Phi) is 4.93. The summed E-state index contributed by atoms with van der Waals surface area (Å²) in [5.74, 6) is 5.54. The van der Waals surface area contributed by atoms with E-state index in [2.05, 4.69) is 21.4 Å². The lowest BCUT2D eigenvalue weighted by molar-refractivity contribution is -0.137. The molecule has 0 aromatic heterocycles. The van der Waals surface area contributed by atoms with E-state index in [4.69, 9.17) is 17.4 Å². The predicted molar refractivity (Wildman–Crippen MR) is 79.8 cm³/mol. The lowest BCUT2D eigenvalue weighted by Crippen LogP contribution is -2.29. The molecule has 0 aliphatic rings. The number of nitrogens with one attached hydrogen (secondary N) is 1. The molecular formula is C14H11BrClF3N2. The summed E-state index contributed by atoms with van der Waals surface area (Å²) in [4.78, 5) is 0. The van der Waals surface area contributed by atoms with E-state index >= 15 is 0 Å². The molecule has 112 valence electrons. The summed E-state index contributed by atoms with van der Waals surface area (Å²) in [5.41, 5.74) is 3.30. The van der Waals surface area contributed by atoms with Gasteiger partial charge in [-0.3, -0.25) is 5.84 Å². The zero-order valence-corrected chi connectivity index (χ0v) is 12.9. The van der Waals surface area contributed by atoms with Crippen molar-refractivity contribution in [1.29, 1.82) is 0 Å². The van der Waals surface area contributed by atoms with Crippen LogP contribution in [0.1, 0.15) is 22.7 Å². The van der Waals surface area contributed by atoms with E-state index in [1.807, 2.05) is 0 Å². The average molecular weight is 380 g/mol. The highest BCUT2D eigenvalue weighted by atomic mass is 79.9. The van der Waals surface area contributed by atoms with Crippen LogP contribution in [0.15, 0.2) is 46.9 Å². The minimum Gasteiger partial charge on any atom is -0.271 e. The fourth-order valence-electron chi connectivity index (χ4n) is 1.97. The predicted octanol–water partition coefficient (Wildman–Crippen LogP) is 4.67. The van der Waals surface area contributed by atoms with Crippen molar-refractivity contribution in [2.75, 3.05) is 0 Å². The lowest BCUT2D eigenvalue weighted by Gasteiger charge is -2.19. The smallest absolute Gasteiger partial charge is 0.271 e. The molecule has 2 rings (SSSR count). The highest BCUT2D eigenvalue weighted by molar-refractivity contribution is 9.10. The molecule has 2 aromatic rings. The fraction of sp³-hybridized carbons (Fsp3) is 0.143. The lowest BCUT2D eigenvalue weighted by atomic mass is 9.98. The Morgan fingerprint density at radius 1 is 1.10 bits per heavy atom. The Hall–Kier alpha value is -1.08. The second kappa shape index (κ2) is 6.36. The van der Waals surface area contributed by atoms with Crippen LogP contribution in [-0.2, 0) is 6.18 Å². The van der Waals surface area contributed by atoms with Crippen LogP contribution in [0.3, 0.4) is 0 Å². The van der Waals surface area contributed by atoms with Gasteiger partial charge in [0.05, 0.1) is 11.6 Å². The van der Waals surface area contributed by atoms with Crippen LogP contribution in [0, 0.1) is 0 Å². The van der Waals surface area contributed by atoms with E-state index in [9.17, 15) is 13.2 Å². The molecule has 0 aliphatic carbocycles. The van der Waals surface area contributed by atoms with Gasteiger partial charge in [-0.1, -0.05) is 45.7 Å². The van der Waals surface area contributed by atoms with Crippen molar-refractivity contribution in [1.82, 2.24) is 5.43 Å². The Morgan fingerprint density at radius 3 is 2.19 bits per heavy atom. The van der Waals surface area contributed by atoms with Crippen molar-refractivity contribution in [2.24, 2.45) is 5.84 Å². The van der Waals surface area contributed by atoms with Gasteiger partial charge in [0.15, 0.2) is 0 Å². The summed E-state index contributed by atoms with van der Waals surface area (Å²) < 4.78 is 38.4. The van der Waals surface area contributed by atoms with Gasteiger partial charge < -0.3 is 0 Å². The monoisotopic (exact) mass is 378 g/mol. The molecule has 0 fully saturated rings. The Bertz CT molecular complexity index is 629. The van der Waals surface area contributed by atoms with Crippen LogP contribution in [0.4, 0.5) is 13.2 Å². The van der Waals surface area contributed by atoms with Crippen LogP contribution in [0.25, 0.3) is 0 Å². The second-order valence-corrected chi connectivity index (χ2v) is 5.68. The Labute approximate surface area is 133 Å². The molecule has 1 unspecified atom stereocenters. The summed E-state index contributed by atoms with van der Waals surface area (Å²) in [6.45, 7) is 0. The zero-order valence-electron chi connectivity index (χ0n) is 10.6. The summed E-state index contributed by atoms with van der Waals surface area (Å²) >= 11 is 9.25. The molecule has 2 aromatic carbocycles. The molecule has 21 heavy (non-hydrogen) atoms. The molecule has 2 nitrogen and oxygen atoms in total. The first-order valence-corrected chi connectivity index (χ1v) is 7.08. The molecule has 0 spiro atoms. The zero-order chi connectivity index (χ0) is 15.6. The van der Waals surface area contributed by atoms with Crippen molar-refractivity contribution in [2.45, 2.75) is 12.2 Å². The van der Waals surface area contributed by atoms with Crippen LogP contribution in [0.5, 0.6) is 0 Å².